The van der Waals surface area contributed by atoms with Gasteiger partial charge in [0, 0.05) is 24.8 Å². The number of nitrogens with one attached hydrogen (secondary N) is 2. The molecular weight excluding hydrogens is 402 g/mol. The molecular formula is C22H27N3O4S. The second kappa shape index (κ2) is 8.57. The second-order valence-electron chi connectivity index (χ2n) is 7.75. The second-order valence-corrected chi connectivity index (χ2v) is 9.58. The van der Waals surface area contributed by atoms with Gasteiger partial charge in [-0.15, -0.1) is 0 Å². The molecule has 2 aromatic rings. The smallest absolute Gasteiger partial charge is 0.244 e. The van der Waals surface area contributed by atoms with Crippen molar-refractivity contribution in [3.8, 4) is 0 Å². The maximum Gasteiger partial charge on any atom is 0.244 e. The van der Waals surface area contributed by atoms with Crippen LogP contribution in [0.15, 0.2) is 41.3 Å². The van der Waals surface area contributed by atoms with Crippen LogP contribution in [0.3, 0.4) is 0 Å². The lowest BCUT2D eigenvalue weighted by Crippen LogP contribution is -2.43. The number of hydrogen-bond acceptors (Lipinski definition) is 4. The van der Waals surface area contributed by atoms with Crippen LogP contribution >= 0.6 is 0 Å². The Kier molecular flexibility index (Phi) is 6.28. The summed E-state index contributed by atoms with van der Waals surface area (Å²) in [5, 5.41) is 5.46. The molecule has 0 saturated carbocycles. The molecule has 0 bridgehead atoms. The van der Waals surface area contributed by atoms with Crippen LogP contribution in [-0.4, -0.2) is 37.1 Å². The number of amides is 2. The Balaban J connectivity index is 1.85. The van der Waals surface area contributed by atoms with Crippen molar-refractivity contribution in [2.24, 2.45) is 0 Å². The number of hydrogen-bond donors (Lipinski definition) is 2. The molecule has 160 valence electrons. The van der Waals surface area contributed by atoms with Gasteiger partial charge in [-0.1, -0.05) is 23.8 Å². The van der Waals surface area contributed by atoms with Crippen LogP contribution in [0.1, 0.15) is 36.5 Å². The normalized spacial score (nSPS) is 17.0. The number of benzene rings is 2. The van der Waals surface area contributed by atoms with Gasteiger partial charge in [-0.25, -0.2) is 8.42 Å². The molecule has 2 aromatic carbocycles. The zero-order chi connectivity index (χ0) is 22.1. The van der Waals surface area contributed by atoms with Gasteiger partial charge >= 0.3 is 0 Å². The number of carbonyl (C=O) groups excluding carboxylic acids is 2. The first-order valence-electron chi connectivity index (χ1n) is 9.88. The Labute approximate surface area is 177 Å². The van der Waals surface area contributed by atoms with Crippen molar-refractivity contribution < 1.29 is 18.0 Å². The van der Waals surface area contributed by atoms with Gasteiger partial charge in [-0.2, -0.15) is 4.31 Å². The van der Waals surface area contributed by atoms with Crippen molar-refractivity contribution in [1.82, 2.24) is 4.31 Å². The monoisotopic (exact) mass is 429 g/mol. The SMILES string of the molecule is CC(=O)Nc1cccc(NC(=O)C2CCCN2S(=O)(=O)c2c(C)cc(C)cc2C)c1. The minimum atomic E-state index is -3.81. The lowest BCUT2D eigenvalue weighted by molar-refractivity contribution is -0.119. The molecule has 2 N–H and O–H groups in total. The highest BCUT2D eigenvalue weighted by molar-refractivity contribution is 7.89. The molecule has 7 nitrogen and oxygen atoms in total. The molecule has 30 heavy (non-hydrogen) atoms. The standard InChI is InChI=1S/C22H27N3O4S/c1-14-11-15(2)21(16(3)12-14)30(28,29)25-10-6-9-20(25)22(27)24-19-8-5-7-18(13-19)23-17(4)26/h5,7-8,11-13,20H,6,9-10H2,1-4H3,(H,23,26)(H,24,27). The fourth-order valence-corrected chi connectivity index (χ4v) is 6.16. The summed E-state index contributed by atoms with van der Waals surface area (Å²) in [6.45, 7) is 7.20. The third kappa shape index (κ3) is 4.55. The highest BCUT2D eigenvalue weighted by Gasteiger charge is 2.40. The highest BCUT2D eigenvalue weighted by atomic mass is 32.2. The summed E-state index contributed by atoms with van der Waals surface area (Å²) in [6.07, 6.45) is 1.08. The van der Waals surface area contributed by atoms with Crippen molar-refractivity contribution in [3.63, 3.8) is 0 Å². The third-order valence-electron chi connectivity index (χ3n) is 5.13. The number of anilines is 2. The minimum Gasteiger partial charge on any atom is -0.326 e. The summed E-state index contributed by atoms with van der Waals surface area (Å²) in [4.78, 5) is 24.5. The Morgan fingerprint density at radius 3 is 2.20 bits per heavy atom. The Morgan fingerprint density at radius 1 is 1.00 bits per heavy atom. The van der Waals surface area contributed by atoms with Gasteiger partial charge in [0.25, 0.3) is 0 Å². The van der Waals surface area contributed by atoms with Crippen LogP contribution in [0.4, 0.5) is 11.4 Å². The van der Waals surface area contributed by atoms with Gasteiger partial charge in [0.2, 0.25) is 21.8 Å². The largest absolute Gasteiger partial charge is 0.326 e. The first-order chi connectivity index (χ1) is 14.1. The minimum absolute atomic E-state index is 0.213. The summed E-state index contributed by atoms with van der Waals surface area (Å²) >= 11 is 0. The Bertz CT molecular complexity index is 1070. The fraction of sp³-hybridized carbons (Fsp3) is 0.364. The fourth-order valence-electron chi connectivity index (χ4n) is 4.08. The van der Waals surface area contributed by atoms with Crippen LogP contribution < -0.4 is 10.6 Å². The van der Waals surface area contributed by atoms with E-state index in [-0.39, 0.29) is 16.7 Å². The van der Waals surface area contributed by atoms with Gasteiger partial charge in [0.15, 0.2) is 0 Å². The summed E-state index contributed by atoms with van der Waals surface area (Å²) in [5.41, 5.74) is 3.42. The third-order valence-corrected chi connectivity index (χ3v) is 7.34. The molecule has 0 aliphatic carbocycles. The maximum absolute atomic E-state index is 13.4. The molecule has 1 fully saturated rings. The lowest BCUT2D eigenvalue weighted by atomic mass is 10.1. The topological polar surface area (TPSA) is 95.6 Å². The van der Waals surface area contributed by atoms with Crippen molar-refractivity contribution in [3.05, 3.63) is 53.1 Å². The number of nitrogens with zero attached hydrogens (tertiary/aromatic N) is 1. The first kappa shape index (κ1) is 22.0. The van der Waals surface area contributed by atoms with Crippen molar-refractivity contribution >= 4 is 33.2 Å². The number of sulfonamides is 1. The molecule has 1 aliphatic heterocycles. The van der Waals surface area contributed by atoms with Gasteiger partial charge in [0.1, 0.15) is 6.04 Å². The van der Waals surface area contributed by atoms with Crippen molar-refractivity contribution in [2.75, 3.05) is 17.2 Å². The molecule has 1 aliphatic rings. The van der Waals surface area contributed by atoms with E-state index in [9.17, 15) is 18.0 Å². The zero-order valence-electron chi connectivity index (χ0n) is 17.7. The van der Waals surface area contributed by atoms with Crippen LogP contribution in [-0.2, 0) is 19.6 Å². The van der Waals surface area contributed by atoms with Crippen molar-refractivity contribution in [2.45, 2.75) is 51.5 Å². The molecule has 1 saturated heterocycles. The van der Waals surface area contributed by atoms with Crippen LogP contribution in [0, 0.1) is 20.8 Å². The average Bonchev–Trinajstić information content (AvgIpc) is 3.11. The Hall–Kier alpha value is -2.71. The molecule has 3 rings (SSSR count). The number of rotatable bonds is 5. The van der Waals surface area contributed by atoms with E-state index in [1.54, 1.807) is 38.1 Å². The molecule has 1 atom stereocenters. The van der Waals surface area contributed by atoms with E-state index < -0.39 is 16.1 Å². The molecule has 0 aromatic heterocycles. The number of carbonyl (C=O) groups is 2. The van der Waals surface area contributed by atoms with Gasteiger partial charge in [0.05, 0.1) is 4.90 Å². The molecule has 0 radical (unpaired) electrons. The quantitative estimate of drug-likeness (QED) is 0.762. The van der Waals surface area contributed by atoms with E-state index in [0.29, 0.717) is 41.9 Å². The van der Waals surface area contributed by atoms with E-state index in [1.165, 1.54) is 11.2 Å². The summed E-state index contributed by atoms with van der Waals surface area (Å²) in [7, 11) is -3.81. The lowest BCUT2D eigenvalue weighted by Gasteiger charge is -2.25. The van der Waals surface area contributed by atoms with E-state index >= 15 is 0 Å². The van der Waals surface area contributed by atoms with E-state index in [4.69, 9.17) is 0 Å². The molecule has 2 amide bonds. The first-order valence-corrected chi connectivity index (χ1v) is 11.3. The molecule has 8 heteroatoms. The van der Waals surface area contributed by atoms with Gasteiger partial charge < -0.3 is 10.6 Å². The highest BCUT2D eigenvalue weighted by Crippen LogP contribution is 2.31. The number of aryl methyl sites for hydroxylation is 3. The van der Waals surface area contributed by atoms with Crippen molar-refractivity contribution in [1.29, 1.82) is 0 Å². The summed E-state index contributed by atoms with van der Waals surface area (Å²) < 4.78 is 28.2. The summed E-state index contributed by atoms with van der Waals surface area (Å²) in [6, 6.07) is 9.68. The zero-order valence-corrected chi connectivity index (χ0v) is 18.5. The van der Waals surface area contributed by atoms with Crippen LogP contribution in [0.5, 0.6) is 0 Å². The van der Waals surface area contributed by atoms with E-state index in [2.05, 4.69) is 10.6 Å². The Morgan fingerprint density at radius 2 is 1.60 bits per heavy atom. The molecule has 1 unspecified atom stereocenters. The predicted octanol–water partition coefficient (Wildman–Crippen LogP) is 3.36. The van der Waals surface area contributed by atoms with Gasteiger partial charge in [-0.3, -0.25) is 9.59 Å². The summed E-state index contributed by atoms with van der Waals surface area (Å²) in [5.74, 6) is -0.589. The maximum atomic E-state index is 13.4. The van der Waals surface area contributed by atoms with E-state index in [0.717, 1.165) is 5.56 Å². The average molecular weight is 430 g/mol. The molecule has 0 spiro atoms. The molecule has 1 heterocycles. The van der Waals surface area contributed by atoms with Crippen LogP contribution in [0.25, 0.3) is 0 Å². The predicted molar refractivity (Wildman–Crippen MR) is 117 cm³/mol. The van der Waals surface area contributed by atoms with E-state index in [1.807, 2.05) is 19.1 Å². The van der Waals surface area contributed by atoms with Crippen LogP contribution in [0.2, 0.25) is 0 Å². The van der Waals surface area contributed by atoms with Gasteiger partial charge in [-0.05, 0) is 62.9 Å².